The van der Waals surface area contributed by atoms with Gasteiger partial charge in [-0.25, -0.2) is 4.79 Å². The first-order valence-corrected chi connectivity index (χ1v) is 7.34. The van der Waals surface area contributed by atoms with Crippen LogP contribution in [0.15, 0.2) is 17.5 Å². The molecule has 2 aliphatic heterocycles. The van der Waals surface area contributed by atoms with E-state index in [1.165, 1.54) is 4.90 Å². The Morgan fingerprint density at radius 2 is 2.25 bits per heavy atom. The van der Waals surface area contributed by atoms with Gasteiger partial charge in [0.1, 0.15) is 13.1 Å². The molecule has 106 valence electrons. The topological polar surface area (TPSA) is 60.9 Å². The van der Waals surface area contributed by atoms with Crippen molar-refractivity contribution < 1.29 is 14.4 Å². The summed E-state index contributed by atoms with van der Waals surface area (Å²) < 4.78 is 0. The van der Waals surface area contributed by atoms with Crippen LogP contribution in [-0.2, 0) is 9.59 Å². The van der Waals surface area contributed by atoms with Gasteiger partial charge in [0.15, 0.2) is 0 Å². The lowest BCUT2D eigenvalue weighted by atomic mass is 10.0. The van der Waals surface area contributed by atoms with E-state index >= 15 is 0 Å². The van der Waals surface area contributed by atoms with E-state index < -0.39 is 6.03 Å². The Morgan fingerprint density at radius 1 is 1.45 bits per heavy atom. The summed E-state index contributed by atoms with van der Waals surface area (Å²) in [6, 6.07) is 3.68. The first kappa shape index (κ1) is 13.1. The Morgan fingerprint density at radius 3 is 2.75 bits per heavy atom. The van der Waals surface area contributed by atoms with Crippen molar-refractivity contribution in [2.24, 2.45) is 0 Å². The zero-order valence-corrected chi connectivity index (χ0v) is 11.9. The molecule has 3 heterocycles. The maximum absolute atomic E-state index is 12.3. The van der Waals surface area contributed by atoms with Crippen LogP contribution in [0.25, 0.3) is 0 Å². The van der Waals surface area contributed by atoms with Crippen molar-refractivity contribution in [3.63, 3.8) is 0 Å². The van der Waals surface area contributed by atoms with E-state index in [-0.39, 0.29) is 30.9 Å². The molecule has 2 fully saturated rings. The van der Waals surface area contributed by atoms with Crippen LogP contribution in [0.4, 0.5) is 4.79 Å². The van der Waals surface area contributed by atoms with E-state index in [1.807, 2.05) is 17.5 Å². The van der Waals surface area contributed by atoms with Crippen LogP contribution < -0.4 is 0 Å². The monoisotopic (exact) mass is 293 g/mol. The summed E-state index contributed by atoms with van der Waals surface area (Å²) in [5, 5.41) is 1.98. The number of likely N-dealkylation sites (tertiary alicyclic amines) is 1. The lowest BCUT2D eigenvalue weighted by Crippen LogP contribution is -2.50. The zero-order chi connectivity index (χ0) is 14.3. The van der Waals surface area contributed by atoms with Crippen molar-refractivity contribution in [2.75, 3.05) is 26.7 Å². The van der Waals surface area contributed by atoms with E-state index in [2.05, 4.69) is 0 Å². The molecule has 0 bridgehead atoms. The van der Waals surface area contributed by atoms with Gasteiger partial charge in [0.25, 0.3) is 5.91 Å². The van der Waals surface area contributed by atoms with Crippen molar-refractivity contribution >= 4 is 29.2 Å². The number of amides is 4. The van der Waals surface area contributed by atoms with Crippen LogP contribution in [0.1, 0.15) is 17.3 Å². The number of nitrogens with zero attached hydrogens (tertiary/aromatic N) is 3. The van der Waals surface area contributed by atoms with Gasteiger partial charge >= 0.3 is 6.03 Å². The largest absolute Gasteiger partial charge is 0.333 e. The fraction of sp³-hybridized carbons (Fsp3) is 0.462. The minimum absolute atomic E-state index is 0.0560. The van der Waals surface area contributed by atoms with E-state index in [0.717, 1.165) is 16.2 Å². The average molecular weight is 293 g/mol. The minimum atomic E-state index is -0.392. The molecular weight excluding hydrogens is 278 g/mol. The molecule has 0 N–H and O–H groups in total. The number of likely N-dealkylation sites (N-methyl/N-ethyl adjacent to an activating group) is 1. The van der Waals surface area contributed by atoms with Gasteiger partial charge in [-0.05, 0) is 17.9 Å². The quantitative estimate of drug-likeness (QED) is 0.778. The molecule has 2 saturated heterocycles. The maximum Gasteiger partial charge on any atom is 0.327 e. The highest BCUT2D eigenvalue weighted by molar-refractivity contribution is 7.10. The first-order valence-electron chi connectivity index (χ1n) is 6.46. The summed E-state index contributed by atoms with van der Waals surface area (Å²) in [6.07, 6.45) is 0.939. The van der Waals surface area contributed by atoms with Gasteiger partial charge < -0.3 is 9.80 Å². The van der Waals surface area contributed by atoms with E-state index in [9.17, 15) is 14.4 Å². The number of imide groups is 1. The predicted octanol–water partition coefficient (Wildman–Crippen LogP) is 0.915. The molecule has 0 spiro atoms. The number of thiophene rings is 1. The molecule has 20 heavy (non-hydrogen) atoms. The number of hydrogen-bond donors (Lipinski definition) is 0. The molecule has 7 heteroatoms. The summed E-state index contributed by atoms with van der Waals surface area (Å²) in [4.78, 5) is 40.9. The Bertz CT molecular complexity index is 557. The van der Waals surface area contributed by atoms with Crippen LogP contribution in [-0.4, -0.2) is 59.2 Å². The molecule has 6 nitrogen and oxygen atoms in total. The Balaban J connectivity index is 1.65. The van der Waals surface area contributed by atoms with Crippen molar-refractivity contribution in [3.05, 3.63) is 22.4 Å². The molecule has 0 saturated carbocycles. The third-order valence-corrected chi connectivity index (χ3v) is 4.71. The number of hydrogen-bond acceptors (Lipinski definition) is 4. The normalized spacial score (nSPS) is 22.4. The van der Waals surface area contributed by atoms with E-state index in [1.54, 1.807) is 23.3 Å². The Kier molecular flexibility index (Phi) is 3.21. The summed E-state index contributed by atoms with van der Waals surface area (Å²) in [7, 11) is 1.56. The molecule has 0 radical (unpaired) electrons. The fourth-order valence-electron chi connectivity index (χ4n) is 2.51. The fourth-order valence-corrected chi connectivity index (χ4v) is 3.39. The van der Waals surface area contributed by atoms with Crippen LogP contribution >= 0.6 is 11.3 Å². The predicted molar refractivity (Wildman–Crippen MR) is 73.1 cm³/mol. The standard InChI is InChI=1S/C13H15N3O3S/c1-14-7-11(17)16(13(14)19)8-12(18)15-5-4-9(15)10-3-2-6-20-10/h2-3,6,9H,4-5,7-8H2,1H3. The number of carbonyl (C=O) groups is 3. The molecule has 1 unspecified atom stereocenters. The van der Waals surface area contributed by atoms with Crippen molar-refractivity contribution in [1.29, 1.82) is 0 Å². The van der Waals surface area contributed by atoms with Crippen molar-refractivity contribution in [2.45, 2.75) is 12.5 Å². The highest BCUT2D eigenvalue weighted by Gasteiger charge is 2.39. The maximum atomic E-state index is 12.3. The Labute approximate surface area is 120 Å². The molecule has 2 aliphatic rings. The van der Waals surface area contributed by atoms with Gasteiger partial charge in [-0.15, -0.1) is 11.3 Å². The van der Waals surface area contributed by atoms with Gasteiger partial charge in [-0.3, -0.25) is 14.5 Å². The average Bonchev–Trinajstić information content (AvgIpc) is 2.93. The molecule has 3 rings (SSSR count). The first-order chi connectivity index (χ1) is 9.58. The third kappa shape index (κ3) is 2.07. The van der Waals surface area contributed by atoms with E-state index in [0.29, 0.717) is 6.54 Å². The van der Waals surface area contributed by atoms with Crippen LogP contribution in [0.5, 0.6) is 0 Å². The Hall–Kier alpha value is -1.89. The summed E-state index contributed by atoms with van der Waals surface area (Å²) in [5.74, 6) is -0.467. The lowest BCUT2D eigenvalue weighted by molar-refractivity contribution is -0.142. The molecule has 4 amide bonds. The highest BCUT2D eigenvalue weighted by Crippen LogP contribution is 2.35. The number of rotatable bonds is 3. The van der Waals surface area contributed by atoms with Gasteiger partial charge in [0.05, 0.1) is 6.04 Å². The molecule has 0 aromatic carbocycles. The number of carbonyl (C=O) groups excluding carboxylic acids is 3. The second kappa shape index (κ2) is 4.90. The second-order valence-electron chi connectivity index (χ2n) is 5.03. The smallest absolute Gasteiger partial charge is 0.327 e. The van der Waals surface area contributed by atoms with Gasteiger partial charge in [-0.1, -0.05) is 6.07 Å². The summed E-state index contributed by atoms with van der Waals surface area (Å²) >= 11 is 1.62. The molecular formula is C13H15N3O3S. The zero-order valence-electron chi connectivity index (χ0n) is 11.1. The van der Waals surface area contributed by atoms with Crippen LogP contribution in [0.3, 0.4) is 0 Å². The number of urea groups is 1. The van der Waals surface area contributed by atoms with Crippen LogP contribution in [0.2, 0.25) is 0 Å². The lowest BCUT2D eigenvalue weighted by Gasteiger charge is -2.41. The second-order valence-corrected chi connectivity index (χ2v) is 6.00. The van der Waals surface area contributed by atoms with Crippen molar-refractivity contribution in [3.8, 4) is 0 Å². The molecule has 1 aromatic rings. The van der Waals surface area contributed by atoms with E-state index in [4.69, 9.17) is 0 Å². The van der Waals surface area contributed by atoms with Crippen molar-refractivity contribution in [1.82, 2.24) is 14.7 Å². The van der Waals surface area contributed by atoms with Gasteiger partial charge in [0, 0.05) is 18.5 Å². The van der Waals surface area contributed by atoms with Gasteiger partial charge in [0.2, 0.25) is 5.91 Å². The third-order valence-electron chi connectivity index (χ3n) is 3.74. The molecule has 1 aromatic heterocycles. The summed E-state index contributed by atoms with van der Waals surface area (Å²) in [5.41, 5.74) is 0. The SMILES string of the molecule is CN1CC(=O)N(CC(=O)N2CCC2c2cccs2)C1=O. The minimum Gasteiger partial charge on any atom is -0.333 e. The molecule has 1 atom stereocenters. The molecule has 0 aliphatic carbocycles. The summed E-state index contributed by atoms with van der Waals surface area (Å²) in [6.45, 7) is 0.595. The van der Waals surface area contributed by atoms with Crippen LogP contribution in [0, 0.1) is 0 Å². The highest BCUT2D eigenvalue weighted by atomic mass is 32.1. The van der Waals surface area contributed by atoms with Gasteiger partial charge in [-0.2, -0.15) is 0 Å².